The van der Waals surface area contributed by atoms with Gasteiger partial charge in [0.1, 0.15) is 17.1 Å². The number of amides is 1. The van der Waals surface area contributed by atoms with Crippen LogP contribution in [0.15, 0.2) is 34.7 Å². The van der Waals surface area contributed by atoms with Crippen molar-refractivity contribution in [1.82, 2.24) is 5.32 Å². The predicted octanol–water partition coefficient (Wildman–Crippen LogP) is 2.66. The maximum Gasteiger partial charge on any atom is 0.307 e. The summed E-state index contributed by atoms with van der Waals surface area (Å²) in [6.07, 6.45) is -0.0416. The molecular formula is C21H24N2O7. The van der Waals surface area contributed by atoms with Crippen LogP contribution < -0.4 is 5.32 Å². The highest BCUT2D eigenvalue weighted by Gasteiger charge is 2.44. The Morgan fingerprint density at radius 1 is 1.37 bits per heavy atom. The summed E-state index contributed by atoms with van der Waals surface area (Å²) in [5.41, 5.74) is 0.708. The molecule has 1 aromatic heterocycles. The van der Waals surface area contributed by atoms with Crippen LogP contribution in [0.3, 0.4) is 0 Å². The molecule has 0 bridgehead atoms. The van der Waals surface area contributed by atoms with Gasteiger partial charge in [-0.15, -0.1) is 0 Å². The molecule has 160 valence electrons. The number of nitrogens with one attached hydrogen (secondary N) is 1. The van der Waals surface area contributed by atoms with Crippen LogP contribution in [0, 0.1) is 27.9 Å². The molecule has 0 saturated heterocycles. The van der Waals surface area contributed by atoms with Crippen molar-refractivity contribution in [2.75, 3.05) is 13.2 Å². The van der Waals surface area contributed by atoms with Gasteiger partial charge in [-0.3, -0.25) is 24.5 Å². The molecule has 4 atom stereocenters. The van der Waals surface area contributed by atoms with Gasteiger partial charge in [-0.2, -0.15) is 0 Å². The first kappa shape index (κ1) is 21.5. The first-order chi connectivity index (χ1) is 14.2. The molecule has 1 heterocycles. The van der Waals surface area contributed by atoms with E-state index in [1.165, 1.54) is 0 Å². The molecule has 0 radical (unpaired) electrons. The lowest BCUT2D eigenvalue weighted by Gasteiger charge is -2.17. The van der Waals surface area contributed by atoms with Gasteiger partial charge in [0.25, 0.3) is 5.91 Å². The Hall–Kier alpha value is -3.23. The molecule has 2 aromatic rings. The number of hydrogen-bond donors (Lipinski definition) is 1. The van der Waals surface area contributed by atoms with Gasteiger partial charge >= 0.3 is 5.97 Å². The van der Waals surface area contributed by atoms with Gasteiger partial charge in [0.2, 0.25) is 6.54 Å². The molecule has 1 amide bonds. The highest BCUT2D eigenvalue weighted by molar-refractivity contribution is 5.88. The molecule has 0 spiro atoms. The van der Waals surface area contributed by atoms with E-state index in [1.54, 1.807) is 13.8 Å². The van der Waals surface area contributed by atoms with Gasteiger partial charge in [0.15, 0.2) is 6.61 Å². The van der Waals surface area contributed by atoms with Crippen molar-refractivity contribution in [2.24, 2.45) is 17.8 Å². The van der Waals surface area contributed by atoms with E-state index in [9.17, 15) is 24.5 Å². The van der Waals surface area contributed by atoms with E-state index in [1.807, 2.05) is 30.3 Å². The van der Waals surface area contributed by atoms with Crippen LogP contribution in [0.2, 0.25) is 0 Å². The van der Waals surface area contributed by atoms with E-state index in [0.29, 0.717) is 11.3 Å². The van der Waals surface area contributed by atoms with E-state index < -0.39 is 41.3 Å². The molecule has 1 fully saturated rings. The Morgan fingerprint density at radius 3 is 2.80 bits per heavy atom. The molecule has 9 heteroatoms. The first-order valence-corrected chi connectivity index (χ1v) is 9.82. The van der Waals surface area contributed by atoms with E-state index in [-0.39, 0.29) is 31.1 Å². The molecule has 3 rings (SSSR count). The number of Topliss-reactive ketones (excluding diaryl/α,β-unsaturated/α-hetero) is 1. The molecule has 1 aromatic carbocycles. The molecule has 1 aliphatic rings. The average Bonchev–Trinajstić information content (AvgIpc) is 3.22. The monoisotopic (exact) mass is 416 g/mol. The zero-order valence-corrected chi connectivity index (χ0v) is 16.8. The average molecular weight is 416 g/mol. The smallest absolute Gasteiger partial charge is 0.307 e. The number of benzene rings is 1. The number of rotatable bonds is 8. The maximum absolute atomic E-state index is 12.1. The normalized spacial score (nSPS) is 22.1. The fourth-order valence-corrected chi connectivity index (χ4v) is 3.95. The number of ketones is 1. The van der Waals surface area contributed by atoms with Crippen LogP contribution >= 0.6 is 0 Å². The topological polar surface area (TPSA) is 129 Å². The molecule has 1 saturated carbocycles. The Morgan fingerprint density at radius 2 is 2.10 bits per heavy atom. The van der Waals surface area contributed by atoms with E-state index in [2.05, 4.69) is 5.32 Å². The molecule has 9 nitrogen and oxygen atoms in total. The third kappa shape index (κ3) is 5.03. The lowest BCUT2D eigenvalue weighted by molar-refractivity contribution is -0.490. The zero-order valence-electron chi connectivity index (χ0n) is 16.8. The van der Waals surface area contributed by atoms with E-state index >= 15 is 0 Å². The van der Waals surface area contributed by atoms with Crippen LogP contribution in [0.5, 0.6) is 0 Å². The number of nitrogens with zero attached hydrogens (tertiary/aromatic N) is 1. The van der Waals surface area contributed by atoms with Crippen LogP contribution in [-0.4, -0.2) is 35.7 Å². The number of hydrogen-bond acceptors (Lipinski definition) is 7. The van der Waals surface area contributed by atoms with E-state index in [0.717, 1.165) is 5.39 Å². The van der Waals surface area contributed by atoms with Gasteiger partial charge in [0, 0.05) is 28.6 Å². The molecule has 0 aliphatic heterocycles. The number of nitro groups is 1. The summed E-state index contributed by atoms with van der Waals surface area (Å²) in [6, 6.07) is 8.86. The lowest BCUT2D eigenvalue weighted by atomic mass is 9.88. The number of furan rings is 1. The van der Waals surface area contributed by atoms with Gasteiger partial charge in [0.05, 0.1) is 12.5 Å². The number of ether oxygens (including phenoxy) is 1. The van der Waals surface area contributed by atoms with Crippen molar-refractivity contribution in [3.05, 3.63) is 46.2 Å². The SMILES string of the molecule is C[C@H](NC(=O)COC(=O)C[C@H]1C(=O)C[C@H](C)[C@H]1C[N+](=O)[O-])c1cc2ccccc2o1. The fraction of sp³-hybridized carbons (Fsp3) is 0.476. The Bertz CT molecular complexity index is 934. The third-order valence-corrected chi connectivity index (χ3v) is 5.54. The summed E-state index contributed by atoms with van der Waals surface area (Å²) >= 11 is 0. The largest absolute Gasteiger partial charge is 0.459 e. The zero-order chi connectivity index (χ0) is 21.8. The van der Waals surface area contributed by atoms with Crippen molar-refractivity contribution in [2.45, 2.75) is 32.7 Å². The molecular weight excluding hydrogens is 392 g/mol. The summed E-state index contributed by atoms with van der Waals surface area (Å²) in [6.45, 7) is 2.66. The van der Waals surface area contributed by atoms with Crippen molar-refractivity contribution >= 4 is 28.6 Å². The molecule has 0 unspecified atom stereocenters. The lowest BCUT2D eigenvalue weighted by Crippen LogP contribution is -2.32. The highest BCUT2D eigenvalue weighted by Crippen LogP contribution is 2.36. The van der Waals surface area contributed by atoms with Crippen molar-refractivity contribution < 1.29 is 28.5 Å². The minimum Gasteiger partial charge on any atom is -0.459 e. The van der Waals surface area contributed by atoms with Crippen molar-refractivity contribution in [1.29, 1.82) is 0 Å². The number of esters is 1. The highest BCUT2D eigenvalue weighted by atomic mass is 16.6. The van der Waals surface area contributed by atoms with Crippen LogP contribution in [0.25, 0.3) is 11.0 Å². The van der Waals surface area contributed by atoms with Crippen molar-refractivity contribution in [3.63, 3.8) is 0 Å². The second-order valence-corrected chi connectivity index (χ2v) is 7.77. The second kappa shape index (κ2) is 9.06. The van der Waals surface area contributed by atoms with Gasteiger partial charge in [-0.1, -0.05) is 25.1 Å². The summed E-state index contributed by atoms with van der Waals surface area (Å²) < 4.78 is 10.7. The summed E-state index contributed by atoms with van der Waals surface area (Å²) in [7, 11) is 0. The molecule has 30 heavy (non-hydrogen) atoms. The van der Waals surface area contributed by atoms with Gasteiger partial charge in [-0.25, -0.2) is 0 Å². The van der Waals surface area contributed by atoms with Gasteiger partial charge in [-0.05, 0) is 25.0 Å². The standard InChI is InChI=1S/C21H24N2O7/c1-12-7-17(24)15(16(12)10-23(27)28)9-21(26)29-11-20(25)22-13(2)19-8-14-5-3-4-6-18(14)30-19/h3-6,8,12-13,15-16H,7,9-11H2,1-2H3,(H,22,25)/t12-,13-,15+,16+/m0/s1. The third-order valence-electron chi connectivity index (χ3n) is 5.54. The Balaban J connectivity index is 1.49. The minimum absolute atomic E-state index is 0.159. The Labute approximate surface area is 172 Å². The fourth-order valence-electron chi connectivity index (χ4n) is 3.95. The van der Waals surface area contributed by atoms with Crippen molar-refractivity contribution in [3.8, 4) is 0 Å². The summed E-state index contributed by atoms with van der Waals surface area (Å²) in [4.78, 5) is 46.7. The number of fused-ring (bicyclic) bond motifs is 1. The first-order valence-electron chi connectivity index (χ1n) is 9.82. The van der Waals surface area contributed by atoms with E-state index in [4.69, 9.17) is 9.15 Å². The molecule has 1 N–H and O–H groups in total. The van der Waals surface area contributed by atoms with Gasteiger partial charge < -0.3 is 14.5 Å². The maximum atomic E-state index is 12.1. The van der Waals surface area contributed by atoms with Crippen LogP contribution in [-0.2, 0) is 19.1 Å². The number of para-hydroxylation sites is 1. The predicted molar refractivity (Wildman–Crippen MR) is 106 cm³/mol. The Kier molecular flexibility index (Phi) is 6.49. The number of carbonyl (C=O) groups is 3. The molecule has 1 aliphatic carbocycles. The summed E-state index contributed by atoms with van der Waals surface area (Å²) in [5.74, 6) is -2.23. The van der Waals surface area contributed by atoms with Crippen LogP contribution in [0.4, 0.5) is 0 Å². The minimum atomic E-state index is -0.740. The van der Waals surface area contributed by atoms with Crippen LogP contribution in [0.1, 0.15) is 38.5 Å². The summed E-state index contributed by atoms with van der Waals surface area (Å²) in [5, 5.41) is 14.5. The number of carbonyl (C=O) groups excluding carboxylic acids is 3. The quantitative estimate of drug-likeness (QED) is 0.398. The second-order valence-electron chi connectivity index (χ2n) is 7.77.